The van der Waals surface area contributed by atoms with Gasteiger partial charge in [-0.2, -0.15) is 0 Å². The molecule has 3 rings (SSSR count). The summed E-state index contributed by atoms with van der Waals surface area (Å²) >= 11 is 7.48. The monoisotopic (exact) mass is 563 g/mol. The van der Waals surface area contributed by atoms with E-state index in [2.05, 4.69) is 37.8 Å². The topological polar surface area (TPSA) is 72.9 Å². The van der Waals surface area contributed by atoms with Crippen LogP contribution in [-0.4, -0.2) is 42.1 Å². The van der Waals surface area contributed by atoms with Gasteiger partial charge in [-0.05, 0) is 63.6 Å². The molecule has 0 N–H and O–H groups in total. The molecule has 2 amide bonds. The predicted molar refractivity (Wildman–Crippen MR) is 126 cm³/mol. The lowest BCUT2D eigenvalue weighted by atomic mass is 10.1. The number of halogens is 2. The van der Waals surface area contributed by atoms with E-state index >= 15 is 0 Å². The smallest absolute Gasteiger partial charge is 0.293 e. The third-order valence-electron chi connectivity index (χ3n) is 4.19. The molecular weight excluding hydrogens is 550 g/mol. The van der Waals surface area contributed by atoms with E-state index in [4.69, 9.17) is 15.9 Å². The molecule has 2 aromatic rings. The fourth-order valence-corrected chi connectivity index (χ4v) is 4.41. The number of terminal acetylenes is 1. The molecule has 1 heterocycles. The van der Waals surface area contributed by atoms with Gasteiger partial charge in [-0.1, -0.05) is 34.0 Å². The molecule has 0 aromatic heterocycles. The van der Waals surface area contributed by atoms with Gasteiger partial charge in [0.15, 0.2) is 17.3 Å². The standard InChI is InChI=1S/C22H15Br2NO5S/c1-3-8-30-20-16(24)9-13(10-18(20)29-2)11-19-21(27)25(22(28)31-19)12-17(26)14-4-6-15(23)7-5-14/h1,4-7,9-11H,8,12H2,2H3/b19-11-. The van der Waals surface area contributed by atoms with E-state index in [9.17, 15) is 14.4 Å². The molecule has 1 aliphatic rings. The van der Waals surface area contributed by atoms with Crippen molar-refractivity contribution in [3.8, 4) is 23.8 Å². The van der Waals surface area contributed by atoms with Crippen molar-refractivity contribution in [3.63, 3.8) is 0 Å². The predicted octanol–water partition coefficient (Wildman–Crippen LogP) is 5.15. The number of methoxy groups -OCH3 is 1. The van der Waals surface area contributed by atoms with Crippen LogP contribution in [0.25, 0.3) is 6.08 Å². The minimum atomic E-state index is -0.525. The Morgan fingerprint density at radius 1 is 1.23 bits per heavy atom. The molecular formula is C22H15Br2NO5S. The van der Waals surface area contributed by atoms with Gasteiger partial charge in [0, 0.05) is 10.0 Å². The number of imide groups is 1. The van der Waals surface area contributed by atoms with E-state index in [0.717, 1.165) is 21.1 Å². The Kier molecular flexibility index (Phi) is 7.59. The average Bonchev–Trinajstić information content (AvgIpc) is 3.00. The number of carbonyl (C=O) groups excluding carboxylic acids is 3. The van der Waals surface area contributed by atoms with Crippen molar-refractivity contribution in [1.82, 2.24) is 4.90 Å². The van der Waals surface area contributed by atoms with Crippen molar-refractivity contribution in [2.45, 2.75) is 0 Å². The van der Waals surface area contributed by atoms with Crippen LogP contribution in [-0.2, 0) is 4.79 Å². The maximum Gasteiger partial charge on any atom is 0.293 e. The zero-order valence-electron chi connectivity index (χ0n) is 16.2. The maximum absolute atomic E-state index is 12.8. The fraction of sp³-hybridized carbons (Fsp3) is 0.136. The van der Waals surface area contributed by atoms with Crippen LogP contribution in [0.15, 0.2) is 50.2 Å². The summed E-state index contributed by atoms with van der Waals surface area (Å²) in [6.07, 6.45) is 6.80. The minimum Gasteiger partial charge on any atom is -0.493 e. The molecule has 6 nitrogen and oxygen atoms in total. The van der Waals surface area contributed by atoms with Gasteiger partial charge in [0.05, 0.1) is 23.0 Å². The lowest BCUT2D eigenvalue weighted by molar-refractivity contribution is -0.122. The summed E-state index contributed by atoms with van der Waals surface area (Å²) in [6.45, 7) is -0.255. The van der Waals surface area contributed by atoms with Crippen molar-refractivity contribution in [2.75, 3.05) is 20.3 Å². The van der Waals surface area contributed by atoms with Crippen LogP contribution in [0.4, 0.5) is 4.79 Å². The third kappa shape index (κ3) is 5.39. The van der Waals surface area contributed by atoms with E-state index in [-0.39, 0.29) is 23.8 Å². The Morgan fingerprint density at radius 2 is 1.94 bits per heavy atom. The Bertz CT molecular complexity index is 1120. The number of carbonyl (C=O) groups is 3. The summed E-state index contributed by atoms with van der Waals surface area (Å²) in [5.74, 6) is 2.39. The number of benzene rings is 2. The molecule has 0 bridgehead atoms. The number of hydrogen-bond donors (Lipinski definition) is 0. The Labute approximate surface area is 200 Å². The van der Waals surface area contributed by atoms with Crippen LogP contribution in [0, 0.1) is 12.3 Å². The number of hydrogen-bond acceptors (Lipinski definition) is 6. The quantitative estimate of drug-likeness (QED) is 0.263. The first kappa shape index (κ1) is 23.1. The summed E-state index contributed by atoms with van der Waals surface area (Å²) in [4.78, 5) is 38.7. The van der Waals surface area contributed by atoms with Crippen LogP contribution < -0.4 is 9.47 Å². The second-order valence-electron chi connectivity index (χ2n) is 6.22. The van der Waals surface area contributed by atoms with Crippen LogP contribution in [0.5, 0.6) is 11.5 Å². The molecule has 1 fully saturated rings. The molecule has 0 spiro atoms. The average molecular weight is 565 g/mol. The summed E-state index contributed by atoms with van der Waals surface area (Å²) in [6, 6.07) is 10.1. The highest BCUT2D eigenvalue weighted by Crippen LogP contribution is 2.39. The second kappa shape index (κ2) is 10.2. The van der Waals surface area contributed by atoms with Gasteiger partial charge in [-0.25, -0.2) is 0 Å². The SMILES string of the molecule is C#CCOc1c(Br)cc(/C=C2\SC(=O)N(CC(=O)c3ccc(Br)cc3)C2=O)cc1OC. The maximum atomic E-state index is 12.8. The molecule has 158 valence electrons. The van der Waals surface area contributed by atoms with E-state index in [1.54, 1.807) is 42.5 Å². The van der Waals surface area contributed by atoms with E-state index < -0.39 is 11.1 Å². The van der Waals surface area contributed by atoms with Gasteiger partial charge in [0.2, 0.25) is 0 Å². The summed E-state index contributed by atoms with van der Waals surface area (Å²) in [5, 5.41) is -0.498. The third-order valence-corrected chi connectivity index (χ3v) is 6.22. The first-order chi connectivity index (χ1) is 14.8. The van der Waals surface area contributed by atoms with Crippen LogP contribution in [0.1, 0.15) is 15.9 Å². The van der Waals surface area contributed by atoms with Crippen molar-refractivity contribution in [2.24, 2.45) is 0 Å². The molecule has 9 heteroatoms. The number of rotatable bonds is 7. The van der Waals surface area contributed by atoms with Crippen molar-refractivity contribution in [1.29, 1.82) is 0 Å². The number of Topliss-reactive ketones (excluding diaryl/α,β-unsaturated/α-hetero) is 1. The first-order valence-electron chi connectivity index (χ1n) is 8.82. The molecule has 0 atom stereocenters. The summed E-state index contributed by atoms with van der Waals surface area (Å²) in [7, 11) is 1.48. The highest BCUT2D eigenvalue weighted by atomic mass is 79.9. The number of nitrogens with zero attached hydrogens (tertiary/aromatic N) is 1. The molecule has 0 radical (unpaired) electrons. The van der Waals surface area contributed by atoms with Crippen molar-refractivity contribution >= 4 is 66.6 Å². The summed E-state index contributed by atoms with van der Waals surface area (Å²) in [5.41, 5.74) is 1.03. The minimum absolute atomic E-state index is 0.0690. The second-order valence-corrected chi connectivity index (χ2v) is 8.99. The normalized spacial score (nSPS) is 14.6. The van der Waals surface area contributed by atoms with Crippen molar-refractivity contribution < 1.29 is 23.9 Å². The molecule has 31 heavy (non-hydrogen) atoms. The Balaban J connectivity index is 1.81. The fourth-order valence-electron chi connectivity index (χ4n) is 2.74. The molecule has 1 saturated heterocycles. The highest BCUT2D eigenvalue weighted by Gasteiger charge is 2.36. The van der Waals surface area contributed by atoms with Gasteiger partial charge < -0.3 is 9.47 Å². The highest BCUT2D eigenvalue weighted by molar-refractivity contribution is 9.10. The lowest BCUT2D eigenvalue weighted by Gasteiger charge is -2.12. The Hall–Kier alpha value is -2.54. The first-order valence-corrected chi connectivity index (χ1v) is 11.2. The van der Waals surface area contributed by atoms with Gasteiger partial charge in [0.25, 0.3) is 11.1 Å². The zero-order chi connectivity index (χ0) is 22.5. The largest absolute Gasteiger partial charge is 0.493 e. The van der Waals surface area contributed by atoms with Crippen molar-refractivity contribution in [3.05, 3.63) is 61.4 Å². The molecule has 0 saturated carbocycles. The van der Waals surface area contributed by atoms with E-state index in [1.165, 1.54) is 7.11 Å². The molecule has 1 aliphatic heterocycles. The summed E-state index contributed by atoms with van der Waals surface area (Å²) < 4.78 is 12.2. The van der Waals surface area contributed by atoms with Crippen LogP contribution >= 0.6 is 43.6 Å². The molecule has 0 unspecified atom stereocenters. The van der Waals surface area contributed by atoms with Gasteiger partial charge >= 0.3 is 0 Å². The number of amides is 2. The van der Waals surface area contributed by atoms with Crippen LogP contribution in [0.3, 0.4) is 0 Å². The molecule has 2 aromatic carbocycles. The van der Waals surface area contributed by atoms with Gasteiger partial charge in [-0.15, -0.1) is 6.42 Å². The Morgan fingerprint density at radius 3 is 2.58 bits per heavy atom. The number of thioether (sulfide) groups is 1. The zero-order valence-corrected chi connectivity index (χ0v) is 20.2. The van der Waals surface area contributed by atoms with E-state index in [0.29, 0.717) is 27.1 Å². The lowest BCUT2D eigenvalue weighted by Crippen LogP contribution is -2.33. The molecule has 0 aliphatic carbocycles. The van der Waals surface area contributed by atoms with Gasteiger partial charge in [-0.3, -0.25) is 19.3 Å². The number of ketones is 1. The van der Waals surface area contributed by atoms with Gasteiger partial charge in [0.1, 0.15) is 6.61 Å². The number of ether oxygens (including phenoxy) is 2. The van der Waals surface area contributed by atoms with Crippen LogP contribution in [0.2, 0.25) is 0 Å². The van der Waals surface area contributed by atoms with E-state index in [1.807, 2.05) is 0 Å².